The number of carbonyl (C=O) groups excluding carboxylic acids is 3. The van der Waals surface area contributed by atoms with E-state index in [9.17, 15) is 14.4 Å². The zero-order chi connectivity index (χ0) is 17.9. The molecule has 0 unspecified atom stereocenters. The van der Waals surface area contributed by atoms with E-state index in [0.717, 1.165) is 11.1 Å². The maximum Gasteiger partial charge on any atom is 0.313 e. The van der Waals surface area contributed by atoms with Crippen LogP contribution in [0.5, 0.6) is 0 Å². The highest BCUT2D eigenvalue weighted by Crippen LogP contribution is 2.06. The highest BCUT2D eigenvalue weighted by molar-refractivity contribution is 5.96. The van der Waals surface area contributed by atoms with Crippen LogP contribution in [-0.4, -0.2) is 17.7 Å². The van der Waals surface area contributed by atoms with Crippen LogP contribution >= 0.6 is 0 Å². The Morgan fingerprint density at radius 3 is 1.64 bits per heavy atom. The molecule has 0 saturated heterocycles. The molecule has 0 amide bonds. The number of Topliss-reactive ketones (excluding diaryl/α,β-unsaturated/α-hetero) is 1. The molecule has 2 aromatic carbocycles. The van der Waals surface area contributed by atoms with Crippen LogP contribution in [0, 0.1) is 0 Å². The minimum atomic E-state index is -0.591. The molecule has 0 aromatic heterocycles. The van der Waals surface area contributed by atoms with E-state index >= 15 is 0 Å². The van der Waals surface area contributed by atoms with Gasteiger partial charge in [0.15, 0.2) is 0 Å². The second-order valence-electron chi connectivity index (χ2n) is 5.51. The molecule has 2 rings (SSSR count). The van der Waals surface area contributed by atoms with Gasteiger partial charge in [-0.15, -0.1) is 0 Å². The number of carbonyl (C=O) groups is 3. The van der Waals surface area contributed by atoms with Gasteiger partial charge in [0.2, 0.25) is 0 Å². The Morgan fingerprint density at radius 2 is 1.12 bits per heavy atom. The van der Waals surface area contributed by atoms with Gasteiger partial charge in [0.25, 0.3) is 0 Å². The van der Waals surface area contributed by atoms with Crippen LogP contribution in [0.4, 0.5) is 0 Å². The summed E-state index contributed by atoms with van der Waals surface area (Å²) in [5.41, 5.74) is 1.74. The van der Waals surface area contributed by atoms with Crippen molar-refractivity contribution in [3.8, 4) is 0 Å². The minimum Gasteiger partial charge on any atom is -0.461 e. The monoisotopic (exact) mass is 340 g/mol. The van der Waals surface area contributed by atoms with Crippen LogP contribution in [0.1, 0.15) is 30.4 Å². The summed E-state index contributed by atoms with van der Waals surface area (Å²) < 4.78 is 10.1. The van der Waals surface area contributed by atoms with Crippen LogP contribution in [0.15, 0.2) is 60.7 Å². The molecule has 0 N–H and O–H groups in total. The average molecular weight is 340 g/mol. The molecule has 0 spiro atoms. The number of esters is 2. The number of hydrogen-bond acceptors (Lipinski definition) is 5. The van der Waals surface area contributed by atoms with Crippen LogP contribution in [0.25, 0.3) is 0 Å². The lowest BCUT2D eigenvalue weighted by molar-refractivity contribution is -0.149. The molecular formula is C20H20O5. The maximum atomic E-state index is 11.7. The number of benzene rings is 2. The summed E-state index contributed by atoms with van der Waals surface area (Å²) in [5.74, 6) is -1.39. The van der Waals surface area contributed by atoms with Crippen LogP contribution in [-0.2, 0) is 37.1 Å². The Hall–Kier alpha value is -2.95. The largest absolute Gasteiger partial charge is 0.461 e. The van der Waals surface area contributed by atoms with E-state index in [-0.39, 0.29) is 38.3 Å². The summed E-state index contributed by atoms with van der Waals surface area (Å²) in [6.07, 6.45) is -0.412. The number of ether oxygens (including phenoxy) is 2. The van der Waals surface area contributed by atoms with Crippen molar-refractivity contribution in [3.63, 3.8) is 0 Å². The zero-order valence-electron chi connectivity index (χ0n) is 13.9. The lowest BCUT2D eigenvalue weighted by Crippen LogP contribution is -2.13. The van der Waals surface area contributed by atoms with Gasteiger partial charge in [-0.25, -0.2) is 0 Å². The van der Waals surface area contributed by atoms with Crippen LogP contribution < -0.4 is 0 Å². The predicted molar refractivity (Wildman–Crippen MR) is 91.3 cm³/mol. The summed E-state index contributed by atoms with van der Waals surface area (Å²) in [4.78, 5) is 35.0. The van der Waals surface area contributed by atoms with Gasteiger partial charge >= 0.3 is 11.9 Å². The summed E-state index contributed by atoms with van der Waals surface area (Å²) in [6.45, 7) is 0.305. The van der Waals surface area contributed by atoms with Gasteiger partial charge in [-0.1, -0.05) is 60.7 Å². The third kappa shape index (κ3) is 7.44. The van der Waals surface area contributed by atoms with Crippen molar-refractivity contribution >= 4 is 17.7 Å². The van der Waals surface area contributed by atoms with Crippen molar-refractivity contribution in [3.05, 3.63) is 71.8 Å². The summed E-state index contributed by atoms with van der Waals surface area (Å²) >= 11 is 0. The molecule has 130 valence electrons. The van der Waals surface area contributed by atoms with Crippen molar-refractivity contribution in [1.82, 2.24) is 0 Å². The molecule has 0 heterocycles. The fraction of sp³-hybridized carbons (Fsp3) is 0.250. The minimum absolute atomic E-state index is 0.0337. The molecule has 25 heavy (non-hydrogen) atoms. The summed E-state index contributed by atoms with van der Waals surface area (Å²) in [7, 11) is 0. The van der Waals surface area contributed by atoms with Gasteiger partial charge in [-0.05, 0) is 11.1 Å². The Kier molecular flexibility index (Phi) is 7.38. The first-order chi connectivity index (χ1) is 12.1. The fourth-order valence-corrected chi connectivity index (χ4v) is 2.09. The molecule has 2 aromatic rings. The van der Waals surface area contributed by atoms with Crippen LogP contribution in [0.3, 0.4) is 0 Å². The van der Waals surface area contributed by atoms with Gasteiger partial charge in [-0.2, -0.15) is 0 Å². The van der Waals surface area contributed by atoms with Crippen LogP contribution in [0.2, 0.25) is 0 Å². The van der Waals surface area contributed by atoms with Gasteiger partial charge in [-0.3, -0.25) is 14.4 Å². The smallest absolute Gasteiger partial charge is 0.313 e. The van der Waals surface area contributed by atoms with E-state index in [1.807, 2.05) is 60.7 Å². The molecule has 0 radical (unpaired) electrons. The van der Waals surface area contributed by atoms with E-state index < -0.39 is 11.9 Å². The van der Waals surface area contributed by atoms with Crippen molar-refractivity contribution < 1.29 is 23.9 Å². The maximum absolute atomic E-state index is 11.7. The first kappa shape index (κ1) is 18.4. The molecule has 0 atom stereocenters. The van der Waals surface area contributed by atoms with Gasteiger partial charge in [0.1, 0.15) is 25.4 Å². The molecular weight excluding hydrogens is 320 g/mol. The topological polar surface area (TPSA) is 69.7 Å². The Morgan fingerprint density at radius 1 is 0.640 bits per heavy atom. The Labute approximate surface area is 146 Å². The van der Waals surface area contributed by atoms with Gasteiger partial charge in [0.05, 0.1) is 6.42 Å². The quantitative estimate of drug-likeness (QED) is 0.518. The zero-order valence-corrected chi connectivity index (χ0v) is 13.9. The highest BCUT2D eigenvalue weighted by Gasteiger charge is 2.13. The molecule has 5 heteroatoms. The van der Waals surface area contributed by atoms with Crippen molar-refractivity contribution in [2.75, 3.05) is 0 Å². The first-order valence-electron chi connectivity index (χ1n) is 8.04. The number of ketones is 1. The fourth-order valence-electron chi connectivity index (χ4n) is 2.09. The lowest BCUT2D eigenvalue weighted by Gasteiger charge is -2.06. The van der Waals surface area contributed by atoms with Crippen molar-refractivity contribution in [2.24, 2.45) is 0 Å². The van der Waals surface area contributed by atoms with E-state index in [1.54, 1.807) is 0 Å². The summed E-state index contributed by atoms with van der Waals surface area (Å²) in [6, 6.07) is 18.5. The lowest BCUT2D eigenvalue weighted by atomic mass is 10.1. The predicted octanol–water partition coefficient (Wildman–Crippen LogP) is 3.21. The highest BCUT2D eigenvalue weighted by atomic mass is 16.5. The number of rotatable bonds is 9. The molecule has 0 bridgehead atoms. The van der Waals surface area contributed by atoms with Gasteiger partial charge < -0.3 is 9.47 Å². The van der Waals surface area contributed by atoms with E-state index in [2.05, 4.69) is 0 Å². The molecule has 0 aliphatic carbocycles. The standard InChI is InChI=1S/C20H20O5/c21-18(13-20(23)25-15-17-9-5-2-6-10-17)11-12-19(22)24-14-16-7-3-1-4-8-16/h1-10H,11-15H2. The molecule has 0 saturated carbocycles. The van der Waals surface area contributed by atoms with E-state index in [4.69, 9.17) is 9.47 Å². The molecule has 0 fully saturated rings. The van der Waals surface area contributed by atoms with Crippen molar-refractivity contribution in [2.45, 2.75) is 32.5 Å². The SMILES string of the molecule is O=C(CCC(=O)OCc1ccccc1)CC(=O)OCc1ccccc1. The van der Waals surface area contributed by atoms with Gasteiger partial charge in [0, 0.05) is 6.42 Å². The Bertz CT molecular complexity index is 695. The third-order valence-corrected chi connectivity index (χ3v) is 3.43. The Balaban J connectivity index is 1.61. The summed E-state index contributed by atoms with van der Waals surface area (Å²) in [5, 5.41) is 0. The normalized spacial score (nSPS) is 10.1. The first-order valence-corrected chi connectivity index (χ1v) is 8.04. The molecule has 0 aliphatic heterocycles. The average Bonchev–Trinajstić information content (AvgIpc) is 2.65. The second-order valence-corrected chi connectivity index (χ2v) is 5.51. The van der Waals surface area contributed by atoms with E-state index in [0.29, 0.717) is 0 Å². The van der Waals surface area contributed by atoms with E-state index in [1.165, 1.54) is 0 Å². The third-order valence-electron chi connectivity index (χ3n) is 3.43. The molecule has 5 nitrogen and oxygen atoms in total. The second kappa shape index (κ2) is 10.0. The number of hydrogen-bond donors (Lipinski definition) is 0. The van der Waals surface area contributed by atoms with Crippen molar-refractivity contribution in [1.29, 1.82) is 0 Å². The molecule has 0 aliphatic rings.